The van der Waals surface area contributed by atoms with E-state index in [1.165, 1.54) is 0 Å². The van der Waals surface area contributed by atoms with Gasteiger partial charge in [0.1, 0.15) is 11.0 Å². The minimum absolute atomic E-state index is 0.0968. The number of rotatable bonds is 3. The minimum Gasteiger partial charge on any atom is -0.389 e. The maximum atomic E-state index is 11.7. The van der Waals surface area contributed by atoms with Crippen LogP contribution in [0.3, 0.4) is 0 Å². The number of ether oxygens (including phenoxy) is 1. The highest BCUT2D eigenvalue weighted by atomic mass is 16.5. The molecule has 5 N–H and O–H groups in total. The summed E-state index contributed by atoms with van der Waals surface area (Å²) < 4.78 is 5.21. The Bertz CT molecular complexity index is 679. The summed E-state index contributed by atoms with van der Waals surface area (Å²) in [6.07, 6.45) is 1.08. The van der Waals surface area contributed by atoms with Crippen molar-refractivity contribution in [1.82, 2.24) is 19.9 Å². The van der Waals surface area contributed by atoms with E-state index in [-0.39, 0.29) is 17.6 Å². The summed E-state index contributed by atoms with van der Waals surface area (Å²) in [5.74, 6) is 0.0968. The molecular formula is C12H17N5O3. The summed E-state index contributed by atoms with van der Waals surface area (Å²) in [6.45, 7) is 1.75. The maximum absolute atomic E-state index is 11.7. The topological polar surface area (TPSA) is 120 Å². The Kier molecular flexibility index (Phi) is 3.20. The molecule has 2 unspecified atom stereocenters. The molecule has 20 heavy (non-hydrogen) atoms. The number of nitrogens with one attached hydrogen (secondary N) is 2. The van der Waals surface area contributed by atoms with Gasteiger partial charge in [0.25, 0.3) is 5.56 Å². The number of likely N-dealkylation sites (tertiary alicyclic amines) is 1. The molecule has 1 aliphatic heterocycles. The van der Waals surface area contributed by atoms with Crippen molar-refractivity contribution in [1.29, 1.82) is 0 Å². The zero-order chi connectivity index (χ0) is 14.3. The zero-order valence-corrected chi connectivity index (χ0v) is 11.1. The first-order valence-corrected chi connectivity index (χ1v) is 6.37. The molecule has 0 radical (unpaired) electrons. The maximum Gasteiger partial charge on any atom is 0.276 e. The number of methoxy groups -OCH3 is 1. The van der Waals surface area contributed by atoms with Crippen LogP contribution in [0.4, 0.5) is 5.95 Å². The van der Waals surface area contributed by atoms with Crippen LogP contribution >= 0.6 is 0 Å². The highest BCUT2D eigenvalue weighted by molar-refractivity contribution is 5.78. The standard InChI is InChI=1S/C12H17N5O3/c1-20-8-5-17(4-7(8)18)3-6-2-14-10-9(6)15-12(13)16-11(10)19/h2,7-8,14,18H,3-5H2,1H3,(H3,13,15,16,19). The predicted octanol–water partition coefficient (Wildman–Crippen LogP) is -0.975. The van der Waals surface area contributed by atoms with Gasteiger partial charge in [0.2, 0.25) is 5.95 Å². The third-order valence-corrected chi connectivity index (χ3v) is 3.64. The van der Waals surface area contributed by atoms with Crippen molar-refractivity contribution in [3.63, 3.8) is 0 Å². The van der Waals surface area contributed by atoms with Crippen molar-refractivity contribution in [2.75, 3.05) is 25.9 Å². The van der Waals surface area contributed by atoms with Crippen LogP contribution in [-0.2, 0) is 11.3 Å². The van der Waals surface area contributed by atoms with E-state index in [2.05, 4.69) is 19.9 Å². The first-order valence-electron chi connectivity index (χ1n) is 6.37. The molecule has 0 aromatic carbocycles. The molecule has 1 fully saturated rings. The van der Waals surface area contributed by atoms with Crippen molar-refractivity contribution in [2.24, 2.45) is 0 Å². The fourth-order valence-electron chi connectivity index (χ4n) is 2.64. The summed E-state index contributed by atoms with van der Waals surface area (Å²) in [7, 11) is 1.59. The van der Waals surface area contributed by atoms with E-state index < -0.39 is 6.10 Å². The predicted molar refractivity (Wildman–Crippen MR) is 73.2 cm³/mol. The Morgan fingerprint density at radius 1 is 1.60 bits per heavy atom. The highest BCUT2D eigenvalue weighted by Crippen LogP contribution is 2.20. The lowest BCUT2D eigenvalue weighted by Gasteiger charge is -2.14. The molecule has 8 nitrogen and oxygen atoms in total. The second-order valence-electron chi connectivity index (χ2n) is 5.02. The number of nitrogens with two attached hydrogens (primary N) is 1. The lowest BCUT2D eigenvalue weighted by molar-refractivity contribution is 0.0215. The van der Waals surface area contributed by atoms with Crippen LogP contribution in [0.5, 0.6) is 0 Å². The Morgan fingerprint density at radius 3 is 3.10 bits per heavy atom. The SMILES string of the molecule is COC1CN(Cc2c[nH]c3c(=O)[nH]c(N)nc23)CC1O. The van der Waals surface area contributed by atoms with Crippen LogP contribution in [0, 0.1) is 0 Å². The highest BCUT2D eigenvalue weighted by Gasteiger charge is 2.31. The number of H-pyrrole nitrogens is 2. The molecular weight excluding hydrogens is 262 g/mol. The minimum atomic E-state index is -0.494. The molecule has 3 rings (SSSR count). The van der Waals surface area contributed by atoms with Gasteiger partial charge in [-0.15, -0.1) is 0 Å². The average molecular weight is 279 g/mol. The normalized spacial score (nSPS) is 23.7. The largest absolute Gasteiger partial charge is 0.389 e. The number of aliphatic hydroxyl groups is 1. The number of aromatic nitrogens is 3. The van der Waals surface area contributed by atoms with Crippen LogP contribution in [0.2, 0.25) is 0 Å². The van der Waals surface area contributed by atoms with Gasteiger partial charge >= 0.3 is 0 Å². The van der Waals surface area contributed by atoms with Crippen LogP contribution in [0.1, 0.15) is 5.56 Å². The third kappa shape index (κ3) is 2.17. The van der Waals surface area contributed by atoms with Crippen molar-refractivity contribution >= 4 is 17.0 Å². The lowest BCUT2D eigenvalue weighted by Crippen LogP contribution is -2.25. The number of aliphatic hydroxyl groups excluding tert-OH is 1. The first-order chi connectivity index (χ1) is 9.58. The quantitative estimate of drug-likeness (QED) is 0.573. The van der Waals surface area contributed by atoms with Crippen LogP contribution in [0.25, 0.3) is 11.0 Å². The van der Waals surface area contributed by atoms with E-state index >= 15 is 0 Å². The second-order valence-corrected chi connectivity index (χ2v) is 5.02. The second kappa shape index (κ2) is 4.89. The van der Waals surface area contributed by atoms with E-state index in [4.69, 9.17) is 10.5 Å². The molecule has 1 saturated heterocycles. The number of hydrogen-bond donors (Lipinski definition) is 4. The fraction of sp³-hybridized carbons (Fsp3) is 0.500. The van der Waals surface area contributed by atoms with Crippen molar-refractivity contribution in [3.05, 3.63) is 22.1 Å². The van der Waals surface area contributed by atoms with Gasteiger partial charge in [0, 0.05) is 38.5 Å². The monoisotopic (exact) mass is 279 g/mol. The number of β-amino-alcohol motifs (C(OH)–C–C–N with tert-alkyl or cyclic N) is 1. The molecule has 1 aliphatic rings. The molecule has 2 aromatic rings. The van der Waals surface area contributed by atoms with Gasteiger partial charge in [-0.2, -0.15) is 0 Å². The Labute approximate surface area is 114 Å². The lowest BCUT2D eigenvalue weighted by atomic mass is 10.2. The number of aromatic amines is 2. The summed E-state index contributed by atoms with van der Waals surface area (Å²) >= 11 is 0. The molecule has 0 aliphatic carbocycles. The van der Waals surface area contributed by atoms with Crippen LogP contribution < -0.4 is 11.3 Å². The molecule has 8 heteroatoms. The molecule has 108 valence electrons. The molecule has 0 saturated carbocycles. The zero-order valence-electron chi connectivity index (χ0n) is 11.1. The van der Waals surface area contributed by atoms with E-state index in [9.17, 15) is 9.90 Å². The fourth-order valence-corrected chi connectivity index (χ4v) is 2.64. The van der Waals surface area contributed by atoms with Gasteiger partial charge in [-0.1, -0.05) is 0 Å². The molecule has 0 spiro atoms. The van der Waals surface area contributed by atoms with Gasteiger partial charge in [0.15, 0.2) is 0 Å². The summed E-state index contributed by atoms with van der Waals surface area (Å²) in [5, 5.41) is 9.82. The van der Waals surface area contributed by atoms with E-state index in [1.807, 2.05) is 0 Å². The van der Waals surface area contributed by atoms with Crippen molar-refractivity contribution in [3.8, 4) is 0 Å². The Hall–Kier alpha value is -1.90. The number of nitrogen functional groups attached to an aromatic ring is 1. The van der Waals surface area contributed by atoms with Gasteiger partial charge < -0.3 is 20.6 Å². The summed E-state index contributed by atoms with van der Waals surface area (Å²) in [6, 6.07) is 0. The smallest absolute Gasteiger partial charge is 0.276 e. The van der Waals surface area contributed by atoms with Gasteiger partial charge in [-0.3, -0.25) is 14.7 Å². The van der Waals surface area contributed by atoms with Crippen LogP contribution in [0.15, 0.2) is 11.0 Å². The Balaban J connectivity index is 1.87. The third-order valence-electron chi connectivity index (χ3n) is 3.64. The number of hydrogen-bond acceptors (Lipinski definition) is 6. The van der Waals surface area contributed by atoms with Crippen molar-refractivity contribution < 1.29 is 9.84 Å². The molecule has 0 amide bonds. The van der Waals surface area contributed by atoms with Gasteiger partial charge in [-0.05, 0) is 0 Å². The van der Waals surface area contributed by atoms with Crippen LogP contribution in [-0.4, -0.2) is 57.4 Å². The van der Waals surface area contributed by atoms with Gasteiger partial charge in [0.05, 0.1) is 12.2 Å². The van der Waals surface area contributed by atoms with E-state index in [0.29, 0.717) is 30.7 Å². The molecule has 2 aromatic heterocycles. The first kappa shape index (κ1) is 13.1. The van der Waals surface area contributed by atoms with E-state index in [0.717, 1.165) is 5.56 Å². The molecule has 2 atom stereocenters. The molecule has 0 bridgehead atoms. The summed E-state index contributed by atoms with van der Waals surface area (Å²) in [4.78, 5) is 23.3. The van der Waals surface area contributed by atoms with E-state index in [1.54, 1.807) is 13.3 Å². The number of nitrogens with zero attached hydrogens (tertiary/aromatic N) is 2. The van der Waals surface area contributed by atoms with Gasteiger partial charge in [-0.25, -0.2) is 4.98 Å². The average Bonchev–Trinajstić information content (AvgIpc) is 2.94. The molecule has 3 heterocycles. The van der Waals surface area contributed by atoms with Crippen molar-refractivity contribution in [2.45, 2.75) is 18.8 Å². The number of fused-ring (bicyclic) bond motifs is 1. The summed E-state index contributed by atoms with van der Waals surface area (Å²) in [5.41, 5.74) is 7.15. The Morgan fingerprint density at radius 2 is 2.40 bits per heavy atom. The number of anilines is 1.